The summed E-state index contributed by atoms with van der Waals surface area (Å²) in [6.45, 7) is 0. The first-order valence-electron chi connectivity index (χ1n) is 4.81. The normalized spacial score (nSPS) is 15.2. The van der Waals surface area contributed by atoms with Crippen molar-refractivity contribution >= 4 is 22.9 Å². The van der Waals surface area contributed by atoms with Crippen molar-refractivity contribution in [2.24, 2.45) is 5.73 Å². The molecule has 0 unspecified atom stereocenters. The summed E-state index contributed by atoms with van der Waals surface area (Å²) in [7, 11) is 2.13. The number of nitrogens with zero attached hydrogens (tertiary/aromatic N) is 1. The van der Waals surface area contributed by atoms with Gasteiger partial charge in [0.1, 0.15) is 4.99 Å². The van der Waals surface area contributed by atoms with Crippen LogP contribution in [0.25, 0.3) is 0 Å². The van der Waals surface area contributed by atoms with Crippen molar-refractivity contribution in [3.8, 4) is 0 Å². The molecular weight excluding hydrogens is 192 g/mol. The topological polar surface area (TPSA) is 29.3 Å². The molecule has 1 aliphatic carbocycles. The number of nitrogens with two attached hydrogens (primary N) is 1. The molecule has 0 atom stereocenters. The van der Waals surface area contributed by atoms with Crippen LogP contribution in [0.5, 0.6) is 0 Å². The Balaban J connectivity index is 2.16. The minimum Gasteiger partial charge on any atom is -0.389 e. The minimum atomic E-state index is 0.464. The second kappa shape index (κ2) is 3.58. The Morgan fingerprint density at radius 1 is 1.36 bits per heavy atom. The van der Waals surface area contributed by atoms with Gasteiger partial charge in [0, 0.05) is 24.3 Å². The van der Waals surface area contributed by atoms with E-state index in [1.165, 1.54) is 18.5 Å². The fraction of sp³-hybridized carbons (Fsp3) is 0.364. The first-order chi connectivity index (χ1) is 6.68. The summed E-state index contributed by atoms with van der Waals surface area (Å²) in [4.78, 5) is 2.77. The summed E-state index contributed by atoms with van der Waals surface area (Å²) in [6, 6.07) is 8.86. The number of thiocarbonyl (C=S) groups is 1. The molecule has 0 spiro atoms. The quantitative estimate of drug-likeness (QED) is 0.766. The Bertz CT molecular complexity index is 341. The summed E-state index contributed by atoms with van der Waals surface area (Å²) < 4.78 is 0. The molecule has 2 rings (SSSR count). The third-order valence-electron chi connectivity index (χ3n) is 2.65. The highest BCUT2D eigenvalue weighted by Crippen LogP contribution is 2.29. The van der Waals surface area contributed by atoms with Crippen molar-refractivity contribution in [1.29, 1.82) is 0 Å². The average Bonchev–Trinajstić information content (AvgIpc) is 3.00. The zero-order valence-electron chi connectivity index (χ0n) is 8.23. The van der Waals surface area contributed by atoms with Crippen LogP contribution in [0, 0.1) is 0 Å². The van der Waals surface area contributed by atoms with Gasteiger partial charge in [-0.05, 0) is 37.1 Å². The van der Waals surface area contributed by atoms with E-state index >= 15 is 0 Å². The summed E-state index contributed by atoms with van der Waals surface area (Å²) >= 11 is 4.90. The van der Waals surface area contributed by atoms with E-state index in [-0.39, 0.29) is 0 Å². The van der Waals surface area contributed by atoms with E-state index in [2.05, 4.69) is 24.1 Å². The molecule has 0 saturated heterocycles. The number of anilines is 1. The van der Waals surface area contributed by atoms with Crippen molar-refractivity contribution in [3.05, 3.63) is 29.8 Å². The van der Waals surface area contributed by atoms with E-state index in [9.17, 15) is 0 Å². The van der Waals surface area contributed by atoms with Crippen LogP contribution in [0.15, 0.2) is 24.3 Å². The first-order valence-corrected chi connectivity index (χ1v) is 5.22. The zero-order chi connectivity index (χ0) is 10.1. The molecule has 0 aromatic heterocycles. The van der Waals surface area contributed by atoms with Crippen LogP contribution in [0.1, 0.15) is 18.4 Å². The van der Waals surface area contributed by atoms with E-state index in [1.807, 2.05) is 12.1 Å². The lowest BCUT2D eigenvalue weighted by Gasteiger charge is -2.18. The lowest BCUT2D eigenvalue weighted by molar-refractivity contribution is 0.917. The van der Waals surface area contributed by atoms with Gasteiger partial charge in [0.15, 0.2) is 0 Å². The molecule has 2 nitrogen and oxygen atoms in total. The lowest BCUT2D eigenvalue weighted by Crippen LogP contribution is -2.19. The van der Waals surface area contributed by atoms with Gasteiger partial charge >= 0.3 is 0 Å². The molecule has 0 aliphatic heterocycles. The van der Waals surface area contributed by atoms with Gasteiger partial charge in [-0.2, -0.15) is 0 Å². The van der Waals surface area contributed by atoms with Gasteiger partial charge in [-0.15, -0.1) is 0 Å². The smallest absolute Gasteiger partial charge is 0.103 e. The van der Waals surface area contributed by atoms with Crippen LogP contribution in [-0.2, 0) is 0 Å². The van der Waals surface area contributed by atoms with Gasteiger partial charge in [-0.25, -0.2) is 0 Å². The SMILES string of the molecule is CN(c1ccc(C(N)=S)cc1)C1CC1. The Hall–Kier alpha value is -1.09. The molecule has 1 saturated carbocycles. The second-order valence-corrected chi connectivity index (χ2v) is 4.19. The molecule has 1 aromatic rings. The monoisotopic (exact) mass is 206 g/mol. The molecule has 0 bridgehead atoms. The second-order valence-electron chi connectivity index (χ2n) is 3.75. The molecular formula is C11H14N2S. The van der Waals surface area contributed by atoms with Gasteiger partial charge in [-0.3, -0.25) is 0 Å². The van der Waals surface area contributed by atoms with Crippen molar-refractivity contribution < 1.29 is 0 Å². The zero-order valence-corrected chi connectivity index (χ0v) is 9.05. The highest BCUT2D eigenvalue weighted by molar-refractivity contribution is 7.80. The fourth-order valence-corrected chi connectivity index (χ4v) is 1.67. The van der Waals surface area contributed by atoms with Crippen molar-refractivity contribution in [2.75, 3.05) is 11.9 Å². The van der Waals surface area contributed by atoms with Crippen LogP contribution in [0.2, 0.25) is 0 Å². The maximum absolute atomic E-state index is 5.53. The molecule has 74 valence electrons. The highest BCUT2D eigenvalue weighted by Gasteiger charge is 2.26. The number of rotatable bonds is 3. The fourth-order valence-electron chi connectivity index (χ4n) is 1.53. The van der Waals surface area contributed by atoms with Gasteiger partial charge in [0.05, 0.1) is 0 Å². The van der Waals surface area contributed by atoms with Gasteiger partial charge in [0.2, 0.25) is 0 Å². The van der Waals surface area contributed by atoms with Crippen LogP contribution in [0.4, 0.5) is 5.69 Å². The highest BCUT2D eigenvalue weighted by atomic mass is 32.1. The van der Waals surface area contributed by atoms with Crippen LogP contribution < -0.4 is 10.6 Å². The molecule has 2 N–H and O–H groups in total. The van der Waals surface area contributed by atoms with Gasteiger partial charge < -0.3 is 10.6 Å². The molecule has 3 heteroatoms. The predicted molar refractivity (Wildman–Crippen MR) is 63.8 cm³/mol. The standard InChI is InChI=1S/C11H14N2S/c1-13(10-6-7-10)9-4-2-8(3-5-9)11(12)14/h2-5,10H,6-7H2,1H3,(H2,12,14). The van der Waals surface area contributed by atoms with E-state index in [1.54, 1.807) is 0 Å². The van der Waals surface area contributed by atoms with Gasteiger partial charge in [-0.1, -0.05) is 12.2 Å². The predicted octanol–water partition coefficient (Wildman–Crippen LogP) is 1.92. The molecule has 0 amide bonds. The maximum Gasteiger partial charge on any atom is 0.103 e. The minimum absolute atomic E-state index is 0.464. The van der Waals surface area contributed by atoms with Crippen LogP contribution in [0.3, 0.4) is 0 Å². The van der Waals surface area contributed by atoms with E-state index in [0.29, 0.717) is 4.99 Å². The largest absolute Gasteiger partial charge is 0.389 e. The van der Waals surface area contributed by atoms with Crippen molar-refractivity contribution in [3.63, 3.8) is 0 Å². The number of hydrogen-bond acceptors (Lipinski definition) is 2. The van der Waals surface area contributed by atoms with Gasteiger partial charge in [0.25, 0.3) is 0 Å². The van der Waals surface area contributed by atoms with E-state index in [4.69, 9.17) is 18.0 Å². The first kappa shape index (κ1) is 9.46. The Morgan fingerprint density at radius 3 is 2.36 bits per heavy atom. The van der Waals surface area contributed by atoms with Crippen LogP contribution in [-0.4, -0.2) is 18.1 Å². The molecule has 14 heavy (non-hydrogen) atoms. The summed E-state index contributed by atoms with van der Waals surface area (Å²) in [5.41, 5.74) is 7.71. The lowest BCUT2D eigenvalue weighted by atomic mass is 10.2. The average molecular weight is 206 g/mol. The molecule has 0 radical (unpaired) electrons. The van der Waals surface area contributed by atoms with Crippen molar-refractivity contribution in [2.45, 2.75) is 18.9 Å². The molecule has 1 fully saturated rings. The Kier molecular flexibility index (Phi) is 2.42. The summed E-state index contributed by atoms with van der Waals surface area (Å²) in [6.07, 6.45) is 2.63. The van der Waals surface area contributed by atoms with E-state index < -0.39 is 0 Å². The molecule has 1 aromatic carbocycles. The number of hydrogen-bond donors (Lipinski definition) is 1. The molecule has 1 aliphatic rings. The Labute approximate surface area is 89.7 Å². The summed E-state index contributed by atoms with van der Waals surface area (Å²) in [5.74, 6) is 0. The van der Waals surface area contributed by atoms with E-state index in [0.717, 1.165) is 11.6 Å². The summed E-state index contributed by atoms with van der Waals surface area (Å²) in [5, 5.41) is 0. The third-order valence-corrected chi connectivity index (χ3v) is 2.89. The maximum atomic E-state index is 5.53. The third kappa shape index (κ3) is 1.87. The van der Waals surface area contributed by atoms with Crippen molar-refractivity contribution in [1.82, 2.24) is 0 Å². The van der Waals surface area contributed by atoms with Crippen LogP contribution >= 0.6 is 12.2 Å². The Morgan fingerprint density at radius 2 is 1.93 bits per heavy atom. The molecule has 0 heterocycles. The number of benzene rings is 1.